The molecule has 0 spiro atoms. The van der Waals surface area contributed by atoms with Crippen LogP contribution in [0.3, 0.4) is 0 Å². The van der Waals surface area contributed by atoms with Crippen molar-refractivity contribution in [3.63, 3.8) is 0 Å². The van der Waals surface area contributed by atoms with Gasteiger partial charge in [-0.05, 0) is 23.4 Å². The van der Waals surface area contributed by atoms with Crippen molar-refractivity contribution in [2.24, 2.45) is 0 Å². The van der Waals surface area contributed by atoms with Gasteiger partial charge in [0.25, 0.3) is 0 Å². The van der Waals surface area contributed by atoms with E-state index in [1.165, 1.54) is 0 Å². The van der Waals surface area contributed by atoms with Crippen LogP contribution in [0, 0.1) is 0 Å². The number of nitrogens with one attached hydrogen (secondary N) is 1. The van der Waals surface area contributed by atoms with Crippen LogP contribution < -0.4 is 9.47 Å². The predicted octanol–water partition coefficient (Wildman–Crippen LogP) is 0.884. The molecule has 6 nitrogen and oxygen atoms in total. The highest BCUT2D eigenvalue weighted by Gasteiger charge is 2.11. The Kier molecular flexibility index (Phi) is 2.49. The van der Waals surface area contributed by atoms with E-state index >= 15 is 0 Å². The van der Waals surface area contributed by atoms with Crippen LogP contribution in [0.25, 0.3) is 11.4 Å². The zero-order valence-corrected chi connectivity index (χ0v) is 8.39. The average Bonchev–Trinajstić information content (AvgIpc) is 2.81. The first-order chi connectivity index (χ1) is 7.35. The summed E-state index contributed by atoms with van der Waals surface area (Å²) in [5.41, 5.74) is 0.741. The van der Waals surface area contributed by atoms with Crippen molar-refractivity contribution in [3.8, 4) is 22.9 Å². The molecule has 0 bridgehead atoms. The maximum Gasteiger partial charge on any atom is 0.208 e. The molecule has 0 radical (unpaired) electrons. The molecule has 0 atom stereocenters. The minimum atomic E-state index is 0.478. The maximum atomic E-state index is 5.19. The van der Waals surface area contributed by atoms with E-state index < -0.39 is 0 Å². The van der Waals surface area contributed by atoms with Crippen molar-refractivity contribution >= 4 is 0 Å². The summed E-state index contributed by atoms with van der Waals surface area (Å²) in [6.45, 7) is 0. The number of benzene rings is 1. The van der Waals surface area contributed by atoms with Crippen LogP contribution in [0.2, 0.25) is 0 Å². The number of aromatic nitrogens is 4. The third-order valence-corrected chi connectivity index (χ3v) is 1.99. The Morgan fingerprint density at radius 2 is 2.07 bits per heavy atom. The van der Waals surface area contributed by atoms with Crippen molar-refractivity contribution in [1.82, 2.24) is 20.6 Å². The van der Waals surface area contributed by atoms with Gasteiger partial charge in [0.15, 0.2) is 0 Å². The number of hydrogen-bond acceptors (Lipinski definition) is 5. The molecule has 1 heterocycles. The molecule has 1 aromatic heterocycles. The summed E-state index contributed by atoms with van der Waals surface area (Å²) in [5.74, 6) is 1.87. The highest BCUT2D eigenvalue weighted by atomic mass is 16.5. The van der Waals surface area contributed by atoms with Crippen molar-refractivity contribution < 1.29 is 9.47 Å². The summed E-state index contributed by atoms with van der Waals surface area (Å²) in [6.07, 6.45) is 0. The summed E-state index contributed by atoms with van der Waals surface area (Å²) < 4.78 is 10.3. The van der Waals surface area contributed by atoms with Gasteiger partial charge in [-0.1, -0.05) is 0 Å². The summed E-state index contributed by atoms with van der Waals surface area (Å²) in [4.78, 5) is 0. The molecule has 0 aliphatic rings. The molecular weight excluding hydrogens is 196 g/mol. The second-order valence-electron chi connectivity index (χ2n) is 2.80. The van der Waals surface area contributed by atoms with Crippen LogP contribution in [0.5, 0.6) is 11.5 Å². The fourth-order valence-corrected chi connectivity index (χ4v) is 1.26. The lowest BCUT2D eigenvalue weighted by Gasteiger charge is -2.06. The minimum absolute atomic E-state index is 0.478. The molecule has 15 heavy (non-hydrogen) atoms. The molecule has 0 saturated carbocycles. The van der Waals surface area contributed by atoms with E-state index in [1.54, 1.807) is 26.4 Å². The number of nitrogens with zero attached hydrogens (tertiary/aromatic N) is 3. The number of tetrazole rings is 1. The number of rotatable bonds is 3. The van der Waals surface area contributed by atoms with Gasteiger partial charge in [0.05, 0.1) is 19.8 Å². The zero-order valence-electron chi connectivity index (χ0n) is 8.39. The van der Waals surface area contributed by atoms with Crippen LogP contribution in [0.15, 0.2) is 18.2 Å². The van der Waals surface area contributed by atoms with Crippen molar-refractivity contribution in [2.75, 3.05) is 14.2 Å². The van der Waals surface area contributed by atoms with Gasteiger partial charge in [-0.2, -0.15) is 5.21 Å². The molecule has 1 N–H and O–H groups in total. The lowest BCUT2D eigenvalue weighted by Crippen LogP contribution is -1.91. The van der Waals surface area contributed by atoms with Crippen LogP contribution in [-0.2, 0) is 0 Å². The first-order valence-corrected chi connectivity index (χ1v) is 4.31. The molecule has 0 unspecified atom stereocenters. The van der Waals surface area contributed by atoms with Crippen molar-refractivity contribution in [1.29, 1.82) is 0 Å². The molecule has 0 aliphatic heterocycles. The highest BCUT2D eigenvalue weighted by molar-refractivity contribution is 5.65. The Labute approximate surface area is 86.2 Å². The van der Waals surface area contributed by atoms with E-state index in [-0.39, 0.29) is 0 Å². The first kappa shape index (κ1) is 9.45. The Balaban J connectivity index is 2.52. The Morgan fingerprint density at radius 1 is 1.20 bits per heavy atom. The summed E-state index contributed by atoms with van der Waals surface area (Å²) in [5, 5.41) is 13.7. The molecule has 6 heteroatoms. The van der Waals surface area contributed by atoms with E-state index in [2.05, 4.69) is 20.6 Å². The average molecular weight is 206 g/mol. The van der Waals surface area contributed by atoms with Gasteiger partial charge in [0, 0.05) is 0 Å². The van der Waals surface area contributed by atoms with Crippen molar-refractivity contribution in [3.05, 3.63) is 18.2 Å². The number of hydrogen-bond donors (Lipinski definition) is 1. The topological polar surface area (TPSA) is 72.9 Å². The highest BCUT2D eigenvalue weighted by Crippen LogP contribution is 2.30. The SMILES string of the molecule is COc1ccc(OC)c(-c2nn[nH]n2)c1. The van der Waals surface area contributed by atoms with Crippen LogP contribution >= 0.6 is 0 Å². The lowest BCUT2D eigenvalue weighted by atomic mass is 10.2. The molecule has 0 saturated heterocycles. The predicted molar refractivity (Wildman–Crippen MR) is 52.7 cm³/mol. The van der Waals surface area contributed by atoms with Gasteiger partial charge >= 0.3 is 0 Å². The van der Waals surface area contributed by atoms with E-state index in [9.17, 15) is 0 Å². The van der Waals surface area contributed by atoms with Crippen molar-refractivity contribution in [2.45, 2.75) is 0 Å². The molecule has 0 aliphatic carbocycles. The monoisotopic (exact) mass is 206 g/mol. The summed E-state index contributed by atoms with van der Waals surface area (Å²) >= 11 is 0. The van der Waals surface area contributed by atoms with E-state index in [0.29, 0.717) is 11.6 Å². The summed E-state index contributed by atoms with van der Waals surface area (Å²) in [7, 11) is 3.19. The van der Waals surface area contributed by atoms with Crippen LogP contribution in [-0.4, -0.2) is 34.8 Å². The van der Waals surface area contributed by atoms with Gasteiger partial charge < -0.3 is 9.47 Å². The Morgan fingerprint density at radius 3 is 2.67 bits per heavy atom. The number of aromatic amines is 1. The van der Waals surface area contributed by atoms with E-state index in [4.69, 9.17) is 9.47 Å². The van der Waals surface area contributed by atoms with Gasteiger partial charge in [-0.15, -0.1) is 10.2 Å². The molecular formula is C9H10N4O2. The molecule has 1 aromatic carbocycles. The Hall–Kier alpha value is -2.11. The summed E-state index contributed by atoms with van der Waals surface area (Å²) in [6, 6.07) is 5.40. The molecule has 2 rings (SSSR count). The van der Waals surface area contributed by atoms with Crippen LogP contribution in [0.4, 0.5) is 0 Å². The third-order valence-electron chi connectivity index (χ3n) is 1.99. The van der Waals surface area contributed by atoms with Gasteiger partial charge in [-0.3, -0.25) is 0 Å². The standard InChI is InChI=1S/C9H10N4O2/c1-14-6-3-4-8(15-2)7(5-6)9-10-12-13-11-9/h3-5H,1-2H3,(H,10,11,12,13). The van der Waals surface area contributed by atoms with E-state index in [0.717, 1.165) is 11.3 Å². The maximum absolute atomic E-state index is 5.19. The molecule has 0 amide bonds. The first-order valence-electron chi connectivity index (χ1n) is 4.31. The van der Waals surface area contributed by atoms with Gasteiger partial charge in [0.1, 0.15) is 11.5 Å². The molecule has 2 aromatic rings. The van der Waals surface area contributed by atoms with E-state index in [1.807, 2.05) is 6.07 Å². The fraction of sp³-hybridized carbons (Fsp3) is 0.222. The van der Waals surface area contributed by atoms with Gasteiger partial charge in [-0.25, -0.2) is 0 Å². The largest absolute Gasteiger partial charge is 0.497 e. The van der Waals surface area contributed by atoms with Gasteiger partial charge in [0.2, 0.25) is 5.82 Å². The quantitative estimate of drug-likeness (QED) is 0.807. The Bertz CT molecular complexity index is 441. The normalized spacial score (nSPS) is 10.0. The molecule has 78 valence electrons. The number of ether oxygens (including phenoxy) is 2. The van der Waals surface area contributed by atoms with Crippen LogP contribution in [0.1, 0.15) is 0 Å². The zero-order chi connectivity index (χ0) is 10.7. The smallest absolute Gasteiger partial charge is 0.208 e. The number of methoxy groups -OCH3 is 2. The minimum Gasteiger partial charge on any atom is -0.497 e. The number of H-pyrrole nitrogens is 1. The lowest BCUT2D eigenvalue weighted by molar-refractivity contribution is 0.404. The fourth-order valence-electron chi connectivity index (χ4n) is 1.26. The second kappa shape index (κ2) is 3.95. The third kappa shape index (κ3) is 1.74. The molecule has 0 fully saturated rings. The second-order valence-corrected chi connectivity index (χ2v) is 2.80.